The van der Waals surface area contributed by atoms with Crippen molar-refractivity contribution in [2.45, 2.75) is 19.1 Å². The Kier molecular flexibility index (Phi) is 8.94. The number of pyridine rings is 1. The predicted octanol–water partition coefficient (Wildman–Crippen LogP) is 2.16. The van der Waals surface area contributed by atoms with Gasteiger partial charge in [0.25, 0.3) is 5.91 Å². The van der Waals surface area contributed by atoms with Crippen LogP contribution in [0.25, 0.3) is 0 Å². The van der Waals surface area contributed by atoms with Crippen LogP contribution in [0.2, 0.25) is 5.15 Å². The van der Waals surface area contributed by atoms with Crippen molar-refractivity contribution in [3.05, 3.63) is 29.0 Å². The SMILES string of the molecule is CC(CN(C)C(=O)c1ccnc(Cl)c1)N1CCOCC1.O=C(O)C(F)(F)F. The lowest BCUT2D eigenvalue weighted by atomic mass is 10.2. The zero-order valence-corrected chi connectivity index (χ0v) is 15.6. The van der Waals surface area contributed by atoms with E-state index in [-0.39, 0.29) is 5.91 Å². The molecule has 0 spiro atoms. The number of hydrogen-bond acceptors (Lipinski definition) is 5. The van der Waals surface area contributed by atoms with E-state index in [0.717, 1.165) is 26.3 Å². The van der Waals surface area contributed by atoms with Gasteiger partial charge in [-0.15, -0.1) is 0 Å². The molecular weight excluding hydrogens is 391 g/mol. The average molecular weight is 412 g/mol. The highest BCUT2D eigenvalue weighted by Crippen LogP contribution is 2.13. The molecule has 2 rings (SSSR count). The number of hydrogen-bond donors (Lipinski definition) is 1. The first-order chi connectivity index (χ1) is 12.5. The second-order valence-electron chi connectivity index (χ2n) is 5.85. The summed E-state index contributed by atoms with van der Waals surface area (Å²) in [6.07, 6.45) is -3.53. The Morgan fingerprint density at radius 2 is 1.96 bits per heavy atom. The highest BCUT2D eigenvalue weighted by Gasteiger charge is 2.38. The van der Waals surface area contributed by atoms with Crippen molar-refractivity contribution < 1.29 is 32.6 Å². The molecule has 1 fully saturated rings. The van der Waals surface area contributed by atoms with Gasteiger partial charge in [-0.3, -0.25) is 9.69 Å². The lowest BCUT2D eigenvalue weighted by Gasteiger charge is -2.34. The number of aromatic nitrogens is 1. The normalized spacial score (nSPS) is 16.1. The number of likely N-dealkylation sites (N-methyl/N-ethyl adjacent to an activating group) is 1. The Balaban J connectivity index is 0.000000445. The maximum atomic E-state index is 12.3. The smallest absolute Gasteiger partial charge is 0.475 e. The van der Waals surface area contributed by atoms with Crippen LogP contribution < -0.4 is 0 Å². The zero-order chi connectivity index (χ0) is 20.6. The van der Waals surface area contributed by atoms with E-state index < -0.39 is 12.1 Å². The number of aliphatic carboxylic acids is 1. The second-order valence-corrected chi connectivity index (χ2v) is 6.24. The van der Waals surface area contributed by atoms with Crippen molar-refractivity contribution in [1.29, 1.82) is 0 Å². The summed E-state index contributed by atoms with van der Waals surface area (Å²) in [6, 6.07) is 3.59. The Morgan fingerprint density at radius 1 is 1.41 bits per heavy atom. The van der Waals surface area contributed by atoms with Crippen molar-refractivity contribution in [2.75, 3.05) is 39.9 Å². The molecule has 1 aliphatic heterocycles. The molecule has 0 aliphatic carbocycles. The van der Waals surface area contributed by atoms with Crippen LogP contribution in [-0.2, 0) is 9.53 Å². The van der Waals surface area contributed by atoms with Gasteiger partial charge < -0.3 is 14.7 Å². The summed E-state index contributed by atoms with van der Waals surface area (Å²) in [5.41, 5.74) is 0.571. The maximum absolute atomic E-state index is 12.3. The van der Waals surface area contributed by atoms with E-state index in [0.29, 0.717) is 23.3 Å². The van der Waals surface area contributed by atoms with Crippen LogP contribution in [0.4, 0.5) is 13.2 Å². The fraction of sp³-hybridized carbons (Fsp3) is 0.562. The Hall–Kier alpha value is -1.91. The number of carbonyl (C=O) groups is 2. The highest BCUT2D eigenvalue weighted by atomic mass is 35.5. The standard InChI is InChI=1S/C14H20ClN3O2.C2HF3O2/c1-11(18-5-7-20-8-6-18)10-17(2)14(19)12-3-4-16-13(15)9-12;3-2(4,5)1(6)7/h3-4,9,11H,5-8,10H2,1-2H3;(H,6,7). The van der Waals surface area contributed by atoms with Gasteiger partial charge in [0.2, 0.25) is 0 Å². The van der Waals surface area contributed by atoms with Gasteiger partial charge in [-0.25, -0.2) is 9.78 Å². The van der Waals surface area contributed by atoms with E-state index in [2.05, 4.69) is 16.8 Å². The van der Waals surface area contributed by atoms with E-state index in [1.54, 1.807) is 23.2 Å². The van der Waals surface area contributed by atoms with E-state index in [1.165, 1.54) is 0 Å². The quantitative estimate of drug-likeness (QED) is 0.764. The van der Waals surface area contributed by atoms with Gasteiger partial charge in [0.05, 0.1) is 13.2 Å². The molecule has 11 heteroatoms. The molecule has 152 valence electrons. The third-order valence-electron chi connectivity index (χ3n) is 3.77. The second kappa shape index (κ2) is 10.4. The van der Waals surface area contributed by atoms with Crippen molar-refractivity contribution in [1.82, 2.24) is 14.8 Å². The third-order valence-corrected chi connectivity index (χ3v) is 3.98. The van der Waals surface area contributed by atoms with Crippen molar-refractivity contribution in [2.24, 2.45) is 0 Å². The molecule has 1 saturated heterocycles. The summed E-state index contributed by atoms with van der Waals surface area (Å²) in [5, 5.41) is 7.46. The number of alkyl halides is 3. The van der Waals surface area contributed by atoms with E-state index in [1.807, 2.05) is 7.05 Å². The molecule has 1 N–H and O–H groups in total. The fourth-order valence-electron chi connectivity index (χ4n) is 2.37. The number of ether oxygens (including phenoxy) is 1. The molecular formula is C16H21ClF3N3O4. The summed E-state index contributed by atoms with van der Waals surface area (Å²) in [5.74, 6) is -2.79. The first kappa shape index (κ1) is 23.1. The lowest BCUT2D eigenvalue weighted by Crippen LogP contribution is -2.47. The molecule has 1 aromatic rings. The van der Waals surface area contributed by atoms with Crippen molar-refractivity contribution >= 4 is 23.5 Å². The highest BCUT2D eigenvalue weighted by molar-refractivity contribution is 6.29. The van der Waals surface area contributed by atoms with Crippen LogP contribution in [0, 0.1) is 0 Å². The molecule has 1 atom stereocenters. The number of morpholine rings is 1. The Bertz CT molecular complexity index is 640. The largest absolute Gasteiger partial charge is 0.490 e. The summed E-state index contributed by atoms with van der Waals surface area (Å²) in [7, 11) is 1.81. The van der Waals surface area contributed by atoms with Gasteiger partial charge in [-0.1, -0.05) is 11.6 Å². The van der Waals surface area contributed by atoms with Crippen LogP contribution in [0.3, 0.4) is 0 Å². The van der Waals surface area contributed by atoms with Crippen molar-refractivity contribution in [3.8, 4) is 0 Å². The van der Waals surface area contributed by atoms with Gasteiger partial charge >= 0.3 is 12.1 Å². The summed E-state index contributed by atoms with van der Waals surface area (Å²) >= 11 is 5.82. The van der Waals surface area contributed by atoms with Gasteiger partial charge in [-0.05, 0) is 19.1 Å². The molecule has 1 amide bonds. The van der Waals surface area contributed by atoms with Crippen LogP contribution in [0.15, 0.2) is 18.3 Å². The van der Waals surface area contributed by atoms with Crippen molar-refractivity contribution in [3.63, 3.8) is 0 Å². The first-order valence-electron chi connectivity index (χ1n) is 8.01. The molecule has 0 bridgehead atoms. The fourth-order valence-corrected chi connectivity index (χ4v) is 2.54. The average Bonchev–Trinajstić information content (AvgIpc) is 2.61. The van der Waals surface area contributed by atoms with Crippen LogP contribution in [0.5, 0.6) is 0 Å². The number of nitrogens with zero attached hydrogens (tertiary/aromatic N) is 3. The van der Waals surface area contributed by atoms with E-state index >= 15 is 0 Å². The van der Waals surface area contributed by atoms with Gasteiger partial charge in [0.1, 0.15) is 5.15 Å². The number of carbonyl (C=O) groups excluding carboxylic acids is 1. The van der Waals surface area contributed by atoms with Gasteiger partial charge in [-0.2, -0.15) is 13.2 Å². The molecule has 1 aliphatic rings. The molecule has 27 heavy (non-hydrogen) atoms. The van der Waals surface area contributed by atoms with E-state index in [9.17, 15) is 18.0 Å². The number of rotatable bonds is 4. The monoisotopic (exact) mass is 411 g/mol. The summed E-state index contributed by atoms with van der Waals surface area (Å²) < 4.78 is 37.1. The number of halogens is 4. The van der Waals surface area contributed by atoms with Crippen LogP contribution in [-0.4, -0.2) is 83.9 Å². The topological polar surface area (TPSA) is 83.0 Å². The van der Waals surface area contributed by atoms with E-state index in [4.69, 9.17) is 26.2 Å². The summed E-state index contributed by atoms with van der Waals surface area (Å²) in [6.45, 7) is 6.19. The minimum absolute atomic E-state index is 0.0330. The number of carboxylic acids is 1. The molecule has 0 radical (unpaired) electrons. The Labute approximate surface area is 159 Å². The molecule has 2 heterocycles. The first-order valence-corrected chi connectivity index (χ1v) is 8.39. The molecule has 0 saturated carbocycles. The van der Waals surface area contributed by atoms with Gasteiger partial charge in [0, 0.05) is 44.5 Å². The molecule has 0 aromatic carbocycles. The molecule has 1 unspecified atom stereocenters. The summed E-state index contributed by atoms with van der Waals surface area (Å²) in [4.78, 5) is 29.2. The molecule has 1 aromatic heterocycles. The number of amides is 1. The number of carboxylic acid groups (broad SMARTS) is 1. The minimum atomic E-state index is -5.08. The minimum Gasteiger partial charge on any atom is -0.475 e. The Morgan fingerprint density at radius 3 is 2.44 bits per heavy atom. The maximum Gasteiger partial charge on any atom is 0.490 e. The predicted molar refractivity (Wildman–Crippen MR) is 91.8 cm³/mol. The van der Waals surface area contributed by atoms with Gasteiger partial charge in [0.15, 0.2) is 0 Å². The third kappa shape index (κ3) is 8.10. The molecule has 7 nitrogen and oxygen atoms in total. The van der Waals surface area contributed by atoms with Crippen LogP contribution in [0.1, 0.15) is 17.3 Å². The van der Waals surface area contributed by atoms with Crippen LogP contribution >= 0.6 is 11.6 Å². The zero-order valence-electron chi connectivity index (χ0n) is 14.9. The lowest BCUT2D eigenvalue weighted by molar-refractivity contribution is -0.192.